The maximum absolute atomic E-state index is 12.9. The van der Waals surface area contributed by atoms with Crippen LogP contribution in [0.3, 0.4) is 0 Å². The highest BCUT2D eigenvalue weighted by Crippen LogP contribution is 2.15. The Kier molecular flexibility index (Phi) is 7.34. The van der Waals surface area contributed by atoms with Gasteiger partial charge in [0.25, 0.3) is 0 Å². The number of hydrogen-bond donors (Lipinski definition) is 0. The SMILES string of the molecule is CC(C)c1ccc(/C=C/C(=O)N(CCc2ccccn2)Cc2ccccc2)cc1. The van der Waals surface area contributed by atoms with Crippen molar-refractivity contribution >= 4 is 12.0 Å². The first-order valence-electron chi connectivity index (χ1n) is 10.1. The van der Waals surface area contributed by atoms with Crippen molar-refractivity contribution in [1.82, 2.24) is 9.88 Å². The van der Waals surface area contributed by atoms with E-state index in [0.29, 0.717) is 19.0 Å². The Bertz CT molecular complexity index is 916. The predicted octanol–water partition coefficient (Wildman–Crippen LogP) is 5.49. The van der Waals surface area contributed by atoms with Gasteiger partial charge in [-0.05, 0) is 40.8 Å². The molecule has 0 unspecified atom stereocenters. The van der Waals surface area contributed by atoms with Crippen LogP contribution in [0.2, 0.25) is 0 Å². The van der Waals surface area contributed by atoms with Gasteiger partial charge in [-0.2, -0.15) is 0 Å². The van der Waals surface area contributed by atoms with Gasteiger partial charge < -0.3 is 4.90 Å². The van der Waals surface area contributed by atoms with E-state index in [1.807, 2.05) is 47.4 Å². The molecule has 1 heterocycles. The zero-order valence-corrected chi connectivity index (χ0v) is 17.2. The van der Waals surface area contributed by atoms with Crippen LogP contribution in [0.4, 0.5) is 0 Å². The number of pyridine rings is 1. The van der Waals surface area contributed by atoms with Gasteiger partial charge in [0.15, 0.2) is 0 Å². The number of benzene rings is 2. The third kappa shape index (κ3) is 6.42. The standard InChI is InChI=1S/C26H28N2O/c1-21(2)24-14-11-22(12-15-24)13-16-26(29)28(20-23-8-4-3-5-9-23)19-17-25-10-6-7-18-27-25/h3-16,18,21H,17,19-20H2,1-2H3/b16-13+. The van der Waals surface area contributed by atoms with Crippen LogP contribution in [0.1, 0.15) is 42.1 Å². The van der Waals surface area contributed by atoms with E-state index >= 15 is 0 Å². The van der Waals surface area contributed by atoms with Crippen LogP contribution in [-0.4, -0.2) is 22.3 Å². The summed E-state index contributed by atoms with van der Waals surface area (Å²) in [6.07, 6.45) is 6.09. The van der Waals surface area contributed by atoms with Crippen molar-refractivity contribution in [1.29, 1.82) is 0 Å². The highest BCUT2D eigenvalue weighted by atomic mass is 16.2. The normalized spacial score (nSPS) is 11.1. The molecule has 1 aromatic heterocycles. The van der Waals surface area contributed by atoms with Crippen molar-refractivity contribution in [3.05, 3.63) is 107 Å². The van der Waals surface area contributed by atoms with Crippen LogP contribution in [0.5, 0.6) is 0 Å². The number of amides is 1. The molecular formula is C26H28N2O. The van der Waals surface area contributed by atoms with Crippen LogP contribution in [0, 0.1) is 0 Å². The molecule has 0 spiro atoms. The molecule has 148 valence electrons. The van der Waals surface area contributed by atoms with Crippen LogP contribution in [0.25, 0.3) is 6.08 Å². The lowest BCUT2D eigenvalue weighted by Gasteiger charge is -2.21. The van der Waals surface area contributed by atoms with Gasteiger partial charge in [-0.25, -0.2) is 0 Å². The summed E-state index contributed by atoms with van der Waals surface area (Å²) in [7, 11) is 0. The molecule has 0 radical (unpaired) electrons. The fraction of sp³-hybridized carbons (Fsp3) is 0.231. The minimum absolute atomic E-state index is 0.0118. The van der Waals surface area contributed by atoms with Gasteiger partial charge in [-0.3, -0.25) is 9.78 Å². The second-order valence-electron chi connectivity index (χ2n) is 7.47. The van der Waals surface area contributed by atoms with E-state index in [2.05, 4.69) is 55.2 Å². The first-order valence-corrected chi connectivity index (χ1v) is 10.1. The predicted molar refractivity (Wildman–Crippen MR) is 119 cm³/mol. The minimum atomic E-state index is 0.0118. The Labute approximate surface area is 173 Å². The lowest BCUT2D eigenvalue weighted by molar-refractivity contribution is -0.126. The summed E-state index contributed by atoms with van der Waals surface area (Å²) >= 11 is 0. The number of hydrogen-bond acceptors (Lipinski definition) is 2. The number of rotatable bonds is 8. The summed E-state index contributed by atoms with van der Waals surface area (Å²) in [5.41, 5.74) is 4.45. The molecular weight excluding hydrogens is 356 g/mol. The third-order valence-corrected chi connectivity index (χ3v) is 4.91. The molecule has 0 bridgehead atoms. The zero-order valence-electron chi connectivity index (χ0n) is 17.2. The fourth-order valence-electron chi connectivity index (χ4n) is 3.13. The van der Waals surface area contributed by atoms with E-state index in [0.717, 1.165) is 23.2 Å². The van der Waals surface area contributed by atoms with Crippen molar-refractivity contribution in [3.8, 4) is 0 Å². The lowest BCUT2D eigenvalue weighted by atomic mass is 10.0. The van der Waals surface area contributed by atoms with E-state index in [1.54, 1.807) is 12.3 Å². The van der Waals surface area contributed by atoms with Gasteiger partial charge >= 0.3 is 0 Å². The average Bonchev–Trinajstić information content (AvgIpc) is 2.76. The second-order valence-corrected chi connectivity index (χ2v) is 7.47. The van der Waals surface area contributed by atoms with Crippen molar-refractivity contribution < 1.29 is 4.79 Å². The fourth-order valence-corrected chi connectivity index (χ4v) is 3.13. The van der Waals surface area contributed by atoms with E-state index in [4.69, 9.17) is 0 Å². The van der Waals surface area contributed by atoms with Gasteiger partial charge in [0.2, 0.25) is 5.91 Å². The van der Waals surface area contributed by atoms with E-state index in [9.17, 15) is 4.79 Å². The number of nitrogens with zero attached hydrogens (tertiary/aromatic N) is 2. The molecule has 3 rings (SSSR count). The molecule has 3 nitrogen and oxygen atoms in total. The lowest BCUT2D eigenvalue weighted by Crippen LogP contribution is -2.31. The molecule has 0 saturated heterocycles. The second kappa shape index (κ2) is 10.4. The number of aromatic nitrogens is 1. The summed E-state index contributed by atoms with van der Waals surface area (Å²) in [5.74, 6) is 0.514. The van der Waals surface area contributed by atoms with Gasteiger partial charge in [0.05, 0.1) is 0 Å². The Hall–Kier alpha value is -3.20. The van der Waals surface area contributed by atoms with Gasteiger partial charge in [-0.1, -0.05) is 74.5 Å². The molecule has 0 N–H and O–H groups in total. The molecule has 0 aliphatic heterocycles. The van der Waals surface area contributed by atoms with E-state index in [1.165, 1.54) is 5.56 Å². The van der Waals surface area contributed by atoms with Crippen LogP contribution < -0.4 is 0 Å². The molecule has 0 aliphatic carbocycles. The number of carbonyl (C=O) groups is 1. The Morgan fingerprint density at radius 3 is 2.34 bits per heavy atom. The van der Waals surface area contributed by atoms with Crippen molar-refractivity contribution in [2.45, 2.75) is 32.7 Å². The topological polar surface area (TPSA) is 33.2 Å². The molecule has 2 aromatic carbocycles. The summed E-state index contributed by atoms with van der Waals surface area (Å²) in [4.78, 5) is 19.2. The summed E-state index contributed by atoms with van der Waals surface area (Å²) in [5, 5.41) is 0. The Morgan fingerprint density at radius 1 is 0.966 bits per heavy atom. The highest BCUT2D eigenvalue weighted by Gasteiger charge is 2.12. The monoisotopic (exact) mass is 384 g/mol. The largest absolute Gasteiger partial charge is 0.334 e. The average molecular weight is 385 g/mol. The van der Waals surface area contributed by atoms with Gasteiger partial charge in [0, 0.05) is 37.5 Å². The van der Waals surface area contributed by atoms with Crippen LogP contribution in [0.15, 0.2) is 85.1 Å². The Balaban J connectivity index is 1.70. The molecule has 0 saturated carbocycles. The molecule has 3 aromatic rings. The molecule has 0 atom stereocenters. The highest BCUT2D eigenvalue weighted by molar-refractivity contribution is 5.91. The third-order valence-electron chi connectivity index (χ3n) is 4.91. The van der Waals surface area contributed by atoms with E-state index in [-0.39, 0.29) is 5.91 Å². The van der Waals surface area contributed by atoms with Crippen LogP contribution >= 0.6 is 0 Å². The molecule has 3 heteroatoms. The first kappa shape index (κ1) is 20.5. The summed E-state index contributed by atoms with van der Waals surface area (Å²) in [6, 6.07) is 24.4. The quantitative estimate of drug-likeness (QED) is 0.481. The molecule has 0 fully saturated rings. The first-order chi connectivity index (χ1) is 14.1. The van der Waals surface area contributed by atoms with E-state index < -0.39 is 0 Å². The summed E-state index contributed by atoms with van der Waals surface area (Å²) < 4.78 is 0. The van der Waals surface area contributed by atoms with Crippen LogP contribution in [-0.2, 0) is 17.8 Å². The molecule has 0 aliphatic rings. The Morgan fingerprint density at radius 2 is 1.69 bits per heavy atom. The molecule has 1 amide bonds. The smallest absolute Gasteiger partial charge is 0.246 e. The maximum atomic E-state index is 12.9. The maximum Gasteiger partial charge on any atom is 0.246 e. The zero-order chi connectivity index (χ0) is 20.5. The minimum Gasteiger partial charge on any atom is -0.334 e. The summed E-state index contributed by atoms with van der Waals surface area (Å²) in [6.45, 7) is 5.57. The van der Waals surface area contributed by atoms with Gasteiger partial charge in [0.1, 0.15) is 0 Å². The van der Waals surface area contributed by atoms with Crippen molar-refractivity contribution in [3.63, 3.8) is 0 Å². The van der Waals surface area contributed by atoms with Crippen molar-refractivity contribution in [2.24, 2.45) is 0 Å². The van der Waals surface area contributed by atoms with Crippen molar-refractivity contribution in [2.75, 3.05) is 6.54 Å². The molecule has 29 heavy (non-hydrogen) atoms. The van der Waals surface area contributed by atoms with Gasteiger partial charge in [-0.15, -0.1) is 0 Å². The number of carbonyl (C=O) groups excluding carboxylic acids is 1.